The average molecular weight is 417 g/mol. The van der Waals surface area contributed by atoms with Crippen LogP contribution in [0.4, 0.5) is 0 Å². The molecule has 0 aliphatic heterocycles. The molecule has 0 saturated carbocycles. The van der Waals surface area contributed by atoms with Gasteiger partial charge in [0.15, 0.2) is 0 Å². The molecule has 29 heavy (non-hydrogen) atoms. The predicted molar refractivity (Wildman–Crippen MR) is 111 cm³/mol. The number of aryl methyl sites for hydroxylation is 2. The van der Waals surface area contributed by atoms with Crippen LogP contribution in [0, 0.1) is 0 Å². The van der Waals surface area contributed by atoms with Gasteiger partial charge < -0.3 is 5.32 Å². The topological polar surface area (TPSA) is 116 Å². The Kier molecular flexibility index (Phi) is 5.90. The summed E-state index contributed by atoms with van der Waals surface area (Å²) in [6, 6.07) is 13.2. The van der Waals surface area contributed by atoms with Crippen molar-refractivity contribution in [2.75, 3.05) is 0 Å². The fourth-order valence-corrected chi connectivity index (χ4v) is 3.87. The number of hydrogen-bond donors (Lipinski definition) is 2. The van der Waals surface area contributed by atoms with E-state index in [-0.39, 0.29) is 35.5 Å². The SMILES string of the molecule is CCn1c(=O)n(CCC(=O)NC(C)c2ccc(S(N)(=O)=O)cc2)c2ccccc21. The van der Waals surface area contributed by atoms with E-state index in [2.05, 4.69) is 5.32 Å². The van der Waals surface area contributed by atoms with Gasteiger partial charge in [0.1, 0.15) is 0 Å². The van der Waals surface area contributed by atoms with Crippen molar-refractivity contribution in [1.29, 1.82) is 0 Å². The minimum Gasteiger partial charge on any atom is -0.350 e. The number of aromatic nitrogens is 2. The van der Waals surface area contributed by atoms with Gasteiger partial charge in [0, 0.05) is 19.5 Å². The highest BCUT2D eigenvalue weighted by Crippen LogP contribution is 2.16. The van der Waals surface area contributed by atoms with Gasteiger partial charge in [-0.25, -0.2) is 18.4 Å². The number of rotatable bonds is 7. The van der Waals surface area contributed by atoms with Gasteiger partial charge in [0.25, 0.3) is 0 Å². The number of para-hydroxylation sites is 2. The zero-order valence-electron chi connectivity index (χ0n) is 16.3. The molecule has 1 amide bonds. The van der Waals surface area contributed by atoms with E-state index < -0.39 is 10.0 Å². The lowest BCUT2D eigenvalue weighted by Crippen LogP contribution is -2.30. The Balaban J connectivity index is 1.68. The molecule has 0 saturated heterocycles. The van der Waals surface area contributed by atoms with Gasteiger partial charge in [-0.3, -0.25) is 13.9 Å². The van der Waals surface area contributed by atoms with Crippen LogP contribution in [0.5, 0.6) is 0 Å². The van der Waals surface area contributed by atoms with Crippen LogP contribution in [0.25, 0.3) is 11.0 Å². The third-order valence-electron chi connectivity index (χ3n) is 4.89. The summed E-state index contributed by atoms with van der Waals surface area (Å²) in [6.45, 7) is 4.55. The number of hydrogen-bond acceptors (Lipinski definition) is 4. The Bertz CT molecular complexity index is 1190. The molecular formula is C20H24N4O4S. The molecular weight excluding hydrogens is 392 g/mol. The second kappa shape index (κ2) is 8.22. The van der Waals surface area contributed by atoms with Crippen LogP contribution in [0.2, 0.25) is 0 Å². The summed E-state index contributed by atoms with van der Waals surface area (Å²) in [5.41, 5.74) is 2.28. The fourth-order valence-electron chi connectivity index (χ4n) is 3.35. The molecule has 154 valence electrons. The number of carbonyl (C=O) groups is 1. The molecule has 1 atom stereocenters. The Morgan fingerprint density at radius 2 is 1.66 bits per heavy atom. The molecule has 0 aliphatic rings. The van der Waals surface area contributed by atoms with Crippen molar-refractivity contribution in [3.8, 4) is 0 Å². The average Bonchev–Trinajstić information content (AvgIpc) is 2.96. The minimum atomic E-state index is -3.75. The smallest absolute Gasteiger partial charge is 0.329 e. The van der Waals surface area contributed by atoms with Crippen LogP contribution in [0.15, 0.2) is 58.2 Å². The highest BCUT2D eigenvalue weighted by atomic mass is 32.2. The fraction of sp³-hybridized carbons (Fsp3) is 0.300. The summed E-state index contributed by atoms with van der Waals surface area (Å²) in [5.74, 6) is -0.201. The molecule has 2 aromatic carbocycles. The van der Waals surface area contributed by atoms with E-state index in [4.69, 9.17) is 5.14 Å². The number of carbonyl (C=O) groups excluding carboxylic acids is 1. The van der Waals surface area contributed by atoms with Crippen molar-refractivity contribution in [1.82, 2.24) is 14.5 Å². The molecule has 0 spiro atoms. The standard InChI is InChI=1S/C20H24N4O4S/c1-3-23-17-6-4-5-7-18(17)24(20(23)26)13-12-19(25)22-14(2)15-8-10-16(11-9-15)29(21,27)28/h4-11,14H,3,12-13H2,1-2H3,(H,22,25)(H2,21,27,28). The van der Waals surface area contributed by atoms with Crippen LogP contribution >= 0.6 is 0 Å². The molecule has 1 unspecified atom stereocenters. The second-order valence-electron chi connectivity index (χ2n) is 6.82. The zero-order valence-corrected chi connectivity index (χ0v) is 17.1. The number of sulfonamides is 1. The molecule has 8 nitrogen and oxygen atoms in total. The highest BCUT2D eigenvalue weighted by molar-refractivity contribution is 7.89. The summed E-state index contributed by atoms with van der Waals surface area (Å²) in [6.07, 6.45) is 0.150. The van der Waals surface area contributed by atoms with Crippen molar-refractivity contribution < 1.29 is 13.2 Å². The van der Waals surface area contributed by atoms with Crippen molar-refractivity contribution in [2.45, 2.75) is 44.3 Å². The van der Waals surface area contributed by atoms with Gasteiger partial charge in [0.2, 0.25) is 15.9 Å². The maximum absolute atomic E-state index is 12.6. The number of fused-ring (bicyclic) bond motifs is 1. The lowest BCUT2D eigenvalue weighted by molar-refractivity contribution is -0.121. The Labute approximate surface area is 169 Å². The third-order valence-corrected chi connectivity index (χ3v) is 5.82. The zero-order chi connectivity index (χ0) is 21.2. The predicted octanol–water partition coefficient (Wildman–Crippen LogP) is 1.74. The van der Waals surface area contributed by atoms with Gasteiger partial charge in [-0.05, 0) is 43.7 Å². The summed E-state index contributed by atoms with van der Waals surface area (Å²) < 4.78 is 26.0. The molecule has 9 heteroatoms. The van der Waals surface area contributed by atoms with Gasteiger partial charge in [-0.2, -0.15) is 0 Å². The van der Waals surface area contributed by atoms with E-state index in [0.717, 1.165) is 16.6 Å². The molecule has 3 N–H and O–H groups in total. The van der Waals surface area contributed by atoms with Crippen LogP contribution in [-0.4, -0.2) is 23.5 Å². The number of nitrogens with zero attached hydrogens (tertiary/aromatic N) is 2. The number of amides is 1. The third kappa shape index (κ3) is 4.41. The first-order chi connectivity index (χ1) is 13.7. The van der Waals surface area contributed by atoms with Crippen molar-refractivity contribution in [2.24, 2.45) is 5.14 Å². The second-order valence-corrected chi connectivity index (χ2v) is 8.38. The summed E-state index contributed by atoms with van der Waals surface area (Å²) in [5, 5.41) is 7.97. The molecule has 3 rings (SSSR count). The Morgan fingerprint density at radius 3 is 2.21 bits per heavy atom. The monoisotopic (exact) mass is 416 g/mol. The molecule has 3 aromatic rings. The first-order valence-electron chi connectivity index (χ1n) is 9.32. The van der Waals surface area contributed by atoms with Gasteiger partial charge in [0.05, 0.1) is 22.0 Å². The Hall–Kier alpha value is -2.91. The summed E-state index contributed by atoms with van der Waals surface area (Å²) >= 11 is 0. The maximum atomic E-state index is 12.6. The van der Waals surface area contributed by atoms with Gasteiger partial charge in [-0.15, -0.1) is 0 Å². The van der Waals surface area contributed by atoms with Crippen molar-refractivity contribution in [3.63, 3.8) is 0 Å². The highest BCUT2D eigenvalue weighted by Gasteiger charge is 2.15. The number of imidazole rings is 1. The van der Waals surface area contributed by atoms with E-state index in [1.54, 1.807) is 28.2 Å². The van der Waals surface area contributed by atoms with E-state index in [0.29, 0.717) is 6.54 Å². The van der Waals surface area contributed by atoms with Gasteiger partial charge in [-0.1, -0.05) is 24.3 Å². The lowest BCUT2D eigenvalue weighted by atomic mass is 10.1. The van der Waals surface area contributed by atoms with Crippen LogP contribution in [-0.2, 0) is 27.9 Å². The van der Waals surface area contributed by atoms with Crippen LogP contribution < -0.4 is 16.1 Å². The maximum Gasteiger partial charge on any atom is 0.329 e. The lowest BCUT2D eigenvalue weighted by Gasteiger charge is -2.15. The van der Waals surface area contributed by atoms with Crippen LogP contribution in [0.3, 0.4) is 0 Å². The molecule has 1 aromatic heterocycles. The van der Waals surface area contributed by atoms with E-state index >= 15 is 0 Å². The Morgan fingerprint density at radius 1 is 1.07 bits per heavy atom. The number of primary sulfonamides is 1. The first-order valence-corrected chi connectivity index (χ1v) is 10.9. The molecule has 1 heterocycles. The summed E-state index contributed by atoms with van der Waals surface area (Å²) in [7, 11) is -3.75. The quantitative estimate of drug-likeness (QED) is 0.610. The molecule has 0 fully saturated rings. The minimum absolute atomic E-state index is 0.0199. The normalized spacial score (nSPS) is 12.8. The first kappa shape index (κ1) is 20.8. The molecule has 0 bridgehead atoms. The number of nitrogens with one attached hydrogen (secondary N) is 1. The van der Waals surface area contributed by atoms with Gasteiger partial charge >= 0.3 is 5.69 Å². The van der Waals surface area contributed by atoms with Crippen molar-refractivity contribution >= 4 is 27.0 Å². The summed E-state index contributed by atoms with van der Waals surface area (Å²) in [4.78, 5) is 25.0. The van der Waals surface area contributed by atoms with E-state index in [1.807, 2.05) is 31.2 Å². The van der Waals surface area contributed by atoms with Crippen LogP contribution in [0.1, 0.15) is 31.9 Å². The molecule has 0 aliphatic carbocycles. The number of nitrogens with two attached hydrogens (primary N) is 1. The van der Waals surface area contributed by atoms with E-state index in [1.165, 1.54) is 12.1 Å². The number of benzene rings is 2. The largest absolute Gasteiger partial charge is 0.350 e. The van der Waals surface area contributed by atoms with E-state index in [9.17, 15) is 18.0 Å². The molecule has 0 radical (unpaired) electrons. The van der Waals surface area contributed by atoms with Crippen molar-refractivity contribution in [3.05, 3.63) is 64.6 Å².